The molecule has 1 atom stereocenters. The second-order valence-electron chi connectivity index (χ2n) is 5.29. The van der Waals surface area contributed by atoms with Gasteiger partial charge in [-0.2, -0.15) is 0 Å². The van der Waals surface area contributed by atoms with E-state index in [0.717, 1.165) is 17.4 Å². The van der Waals surface area contributed by atoms with Gasteiger partial charge in [0.15, 0.2) is 0 Å². The van der Waals surface area contributed by atoms with Crippen molar-refractivity contribution in [1.82, 2.24) is 5.32 Å². The van der Waals surface area contributed by atoms with Gasteiger partial charge < -0.3 is 10.2 Å². The van der Waals surface area contributed by atoms with E-state index in [2.05, 4.69) is 88.6 Å². The van der Waals surface area contributed by atoms with E-state index in [-0.39, 0.29) is 0 Å². The van der Waals surface area contributed by atoms with Crippen LogP contribution in [0.15, 0.2) is 53.0 Å². The average Bonchev–Trinajstić information content (AvgIpc) is 2.51. The molecule has 0 heterocycles. The fourth-order valence-electron chi connectivity index (χ4n) is 2.66. The van der Waals surface area contributed by atoms with Gasteiger partial charge in [0.1, 0.15) is 0 Å². The molecule has 2 aromatic rings. The van der Waals surface area contributed by atoms with Gasteiger partial charge in [0.05, 0.1) is 0 Å². The number of nitrogens with one attached hydrogen (secondary N) is 1. The van der Waals surface area contributed by atoms with Crippen LogP contribution in [0.1, 0.15) is 30.5 Å². The van der Waals surface area contributed by atoms with Crippen molar-refractivity contribution < 1.29 is 0 Å². The van der Waals surface area contributed by atoms with E-state index in [1.54, 1.807) is 0 Å². The van der Waals surface area contributed by atoms with Crippen LogP contribution in [0.5, 0.6) is 0 Å². The van der Waals surface area contributed by atoms with Crippen LogP contribution in [-0.4, -0.2) is 14.1 Å². The highest BCUT2D eigenvalue weighted by Crippen LogP contribution is 2.28. The minimum absolute atomic E-state index is 0.397. The summed E-state index contributed by atoms with van der Waals surface area (Å²) in [5.74, 6) is 0. The van der Waals surface area contributed by atoms with Crippen LogP contribution in [0.4, 0.5) is 5.69 Å². The first-order chi connectivity index (χ1) is 10.2. The molecule has 2 nitrogen and oxygen atoms in total. The highest BCUT2D eigenvalue weighted by molar-refractivity contribution is 9.10. The molecular weight excluding hydrogens is 324 g/mol. The molecule has 0 aliphatic rings. The van der Waals surface area contributed by atoms with Gasteiger partial charge in [-0.05, 0) is 42.8 Å². The maximum atomic E-state index is 3.48. The molecule has 0 spiro atoms. The van der Waals surface area contributed by atoms with Gasteiger partial charge in [0, 0.05) is 29.8 Å². The van der Waals surface area contributed by atoms with Gasteiger partial charge in [-0.15, -0.1) is 0 Å². The molecule has 0 bridgehead atoms. The van der Waals surface area contributed by atoms with Crippen LogP contribution in [0.2, 0.25) is 0 Å². The smallest absolute Gasteiger partial charge is 0.0426 e. The standard InChI is InChI=1S/C18H23BrN2/c1-4-17(20-2)16-7-5-6-8-18(16)21(3)13-14-9-11-15(19)12-10-14/h5-12,17,20H,4,13H2,1-3H3. The quantitative estimate of drug-likeness (QED) is 0.811. The van der Waals surface area contributed by atoms with E-state index in [1.807, 2.05) is 7.05 Å². The molecule has 2 rings (SSSR count). The summed E-state index contributed by atoms with van der Waals surface area (Å²) in [4.78, 5) is 2.32. The molecule has 2 aromatic carbocycles. The first kappa shape index (κ1) is 16.1. The van der Waals surface area contributed by atoms with Crippen LogP contribution in [-0.2, 0) is 6.54 Å². The van der Waals surface area contributed by atoms with Crippen LogP contribution < -0.4 is 10.2 Å². The lowest BCUT2D eigenvalue weighted by Gasteiger charge is -2.26. The van der Waals surface area contributed by atoms with E-state index in [9.17, 15) is 0 Å². The maximum Gasteiger partial charge on any atom is 0.0426 e. The van der Waals surface area contributed by atoms with Crippen molar-refractivity contribution in [3.05, 3.63) is 64.1 Å². The number of para-hydroxylation sites is 1. The van der Waals surface area contributed by atoms with Crippen molar-refractivity contribution in [2.45, 2.75) is 25.9 Å². The molecule has 1 unspecified atom stereocenters. The van der Waals surface area contributed by atoms with Crippen molar-refractivity contribution in [2.24, 2.45) is 0 Å². The van der Waals surface area contributed by atoms with Gasteiger partial charge in [-0.25, -0.2) is 0 Å². The van der Waals surface area contributed by atoms with E-state index in [4.69, 9.17) is 0 Å². The highest BCUT2D eigenvalue weighted by Gasteiger charge is 2.14. The lowest BCUT2D eigenvalue weighted by atomic mass is 10.0. The van der Waals surface area contributed by atoms with Crippen molar-refractivity contribution in [3.8, 4) is 0 Å². The zero-order valence-electron chi connectivity index (χ0n) is 12.9. The monoisotopic (exact) mass is 346 g/mol. The minimum Gasteiger partial charge on any atom is -0.370 e. The Balaban J connectivity index is 2.22. The van der Waals surface area contributed by atoms with Crippen LogP contribution in [0, 0.1) is 0 Å². The number of anilines is 1. The van der Waals surface area contributed by atoms with Crippen LogP contribution in [0.3, 0.4) is 0 Å². The van der Waals surface area contributed by atoms with Crippen molar-refractivity contribution in [3.63, 3.8) is 0 Å². The molecular formula is C18H23BrN2. The fourth-order valence-corrected chi connectivity index (χ4v) is 2.92. The molecule has 0 saturated heterocycles. The molecule has 3 heteroatoms. The maximum absolute atomic E-state index is 3.48. The number of benzene rings is 2. The average molecular weight is 347 g/mol. The van der Waals surface area contributed by atoms with Crippen LogP contribution >= 0.6 is 15.9 Å². The summed E-state index contributed by atoms with van der Waals surface area (Å²) < 4.78 is 1.12. The Morgan fingerprint density at radius 3 is 2.38 bits per heavy atom. The molecule has 0 aliphatic heterocycles. The van der Waals surface area contributed by atoms with Gasteiger partial charge in [0.2, 0.25) is 0 Å². The highest BCUT2D eigenvalue weighted by atomic mass is 79.9. The molecule has 0 fully saturated rings. The lowest BCUT2D eigenvalue weighted by Crippen LogP contribution is -2.22. The number of halogens is 1. The van der Waals surface area contributed by atoms with Crippen molar-refractivity contribution >= 4 is 21.6 Å². The van der Waals surface area contributed by atoms with Gasteiger partial charge in [-0.1, -0.05) is 53.2 Å². The Morgan fingerprint density at radius 1 is 1.10 bits per heavy atom. The SMILES string of the molecule is CCC(NC)c1ccccc1N(C)Cc1ccc(Br)cc1. The minimum atomic E-state index is 0.397. The normalized spacial score (nSPS) is 12.2. The van der Waals surface area contributed by atoms with Gasteiger partial charge in [0.25, 0.3) is 0 Å². The number of hydrogen-bond acceptors (Lipinski definition) is 2. The van der Waals surface area contributed by atoms with Gasteiger partial charge in [-0.3, -0.25) is 0 Å². The summed E-state index contributed by atoms with van der Waals surface area (Å²) >= 11 is 3.48. The van der Waals surface area contributed by atoms with Crippen molar-refractivity contribution in [1.29, 1.82) is 0 Å². The molecule has 0 saturated carbocycles. The Hall–Kier alpha value is -1.32. The lowest BCUT2D eigenvalue weighted by molar-refractivity contribution is 0.575. The Bertz CT molecular complexity index is 562. The predicted octanol–water partition coefficient (Wildman–Crippen LogP) is 4.76. The van der Waals surface area contributed by atoms with Gasteiger partial charge >= 0.3 is 0 Å². The zero-order chi connectivity index (χ0) is 15.2. The zero-order valence-corrected chi connectivity index (χ0v) is 14.5. The number of hydrogen-bond donors (Lipinski definition) is 1. The molecule has 0 radical (unpaired) electrons. The molecule has 112 valence electrons. The third-order valence-electron chi connectivity index (χ3n) is 3.81. The third kappa shape index (κ3) is 4.08. The van der Waals surface area contributed by atoms with Crippen LogP contribution in [0.25, 0.3) is 0 Å². The van der Waals surface area contributed by atoms with E-state index >= 15 is 0 Å². The first-order valence-electron chi connectivity index (χ1n) is 7.37. The topological polar surface area (TPSA) is 15.3 Å². The number of nitrogens with zero attached hydrogens (tertiary/aromatic N) is 1. The molecule has 0 amide bonds. The molecule has 0 aromatic heterocycles. The Labute approximate surface area is 136 Å². The summed E-state index contributed by atoms with van der Waals surface area (Å²) in [5.41, 5.74) is 3.97. The largest absolute Gasteiger partial charge is 0.370 e. The number of rotatable bonds is 6. The Morgan fingerprint density at radius 2 is 1.76 bits per heavy atom. The summed E-state index contributed by atoms with van der Waals surface area (Å²) in [7, 11) is 4.18. The first-order valence-corrected chi connectivity index (χ1v) is 8.16. The van der Waals surface area contributed by atoms with E-state index < -0.39 is 0 Å². The summed E-state index contributed by atoms with van der Waals surface area (Å²) in [5, 5.41) is 3.40. The molecule has 1 N–H and O–H groups in total. The van der Waals surface area contributed by atoms with E-state index in [0.29, 0.717) is 6.04 Å². The van der Waals surface area contributed by atoms with Crippen molar-refractivity contribution in [2.75, 3.05) is 19.0 Å². The summed E-state index contributed by atoms with van der Waals surface area (Å²) in [6.07, 6.45) is 1.08. The molecule has 0 aliphatic carbocycles. The summed E-state index contributed by atoms with van der Waals surface area (Å²) in [6.45, 7) is 3.12. The molecule has 21 heavy (non-hydrogen) atoms. The Kier molecular flexibility index (Phi) is 5.83. The fraction of sp³-hybridized carbons (Fsp3) is 0.333. The van der Waals surface area contributed by atoms with E-state index in [1.165, 1.54) is 16.8 Å². The second kappa shape index (κ2) is 7.62. The summed E-state index contributed by atoms with van der Waals surface area (Å²) in [6, 6.07) is 17.6. The second-order valence-corrected chi connectivity index (χ2v) is 6.21. The third-order valence-corrected chi connectivity index (χ3v) is 4.34. The predicted molar refractivity (Wildman–Crippen MR) is 94.8 cm³/mol.